The van der Waals surface area contributed by atoms with Crippen molar-refractivity contribution >= 4 is 45.6 Å². The summed E-state index contributed by atoms with van der Waals surface area (Å²) in [7, 11) is 0. The third-order valence-electron chi connectivity index (χ3n) is 5.39. The molecule has 0 unspecified atom stereocenters. The number of rotatable bonds is 5. The Morgan fingerprint density at radius 3 is 2.94 bits per heavy atom. The van der Waals surface area contributed by atoms with E-state index in [1.54, 1.807) is 44.5 Å². The summed E-state index contributed by atoms with van der Waals surface area (Å²) in [6.45, 7) is 3.55. The van der Waals surface area contributed by atoms with Crippen LogP contribution in [0.15, 0.2) is 41.2 Å². The van der Waals surface area contributed by atoms with Crippen LogP contribution in [0.5, 0.6) is 0 Å². The molecule has 9 heteroatoms. The summed E-state index contributed by atoms with van der Waals surface area (Å²) in [6, 6.07) is 7.67. The molecule has 4 aromatic rings. The van der Waals surface area contributed by atoms with Gasteiger partial charge in [-0.25, -0.2) is 14.5 Å². The van der Waals surface area contributed by atoms with Gasteiger partial charge >= 0.3 is 5.97 Å². The van der Waals surface area contributed by atoms with Gasteiger partial charge in [0.2, 0.25) is 0 Å². The smallest absolute Gasteiger partial charge is 0.339 e. The number of aryl methyl sites for hydroxylation is 1. The highest BCUT2D eigenvalue weighted by Crippen LogP contribution is 2.28. The first-order valence-electron chi connectivity index (χ1n) is 10.0. The van der Waals surface area contributed by atoms with Gasteiger partial charge in [-0.1, -0.05) is 6.07 Å². The summed E-state index contributed by atoms with van der Waals surface area (Å²) in [5.74, 6) is -0.722. The Morgan fingerprint density at radius 2 is 2.13 bits per heavy atom. The quantitative estimate of drug-likeness (QED) is 0.428. The molecule has 0 bridgehead atoms. The number of thiophene rings is 2. The van der Waals surface area contributed by atoms with E-state index in [0.29, 0.717) is 41.9 Å². The molecule has 5 heterocycles. The van der Waals surface area contributed by atoms with Gasteiger partial charge in [-0.3, -0.25) is 4.79 Å². The molecular formula is C22H20N4O3S2. The molecule has 0 atom stereocenters. The number of carbonyl (C=O) groups is 2. The zero-order chi connectivity index (χ0) is 21.4. The summed E-state index contributed by atoms with van der Waals surface area (Å²) >= 11 is 3.27. The van der Waals surface area contributed by atoms with Crippen LogP contribution in [0.1, 0.15) is 27.7 Å². The van der Waals surface area contributed by atoms with E-state index < -0.39 is 5.97 Å². The number of nitrogens with zero attached hydrogens (tertiary/aromatic N) is 4. The predicted molar refractivity (Wildman–Crippen MR) is 120 cm³/mol. The first-order chi connectivity index (χ1) is 15.1. The largest absolute Gasteiger partial charge is 0.452 e. The van der Waals surface area contributed by atoms with Gasteiger partial charge in [0.15, 0.2) is 12.3 Å². The van der Waals surface area contributed by atoms with Crippen LogP contribution >= 0.6 is 22.7 Å². The molecular weight excluding hydrogens is 432 g/mol. The standard InChI is InChI=1S/C22H20N4O3S2/c1-2-26-21-16(11-23-26)15(10-17(24-21)19-4-3-8-30-19)22(28)29-13-20(27)25-7-5-18-14(12-25)6-9-31-18/h3-4,6,8-11H,2,5,7,12-13H2,1H3. The minimum atomic E-state index is -0.539. The first-order valence-corrected chi connectivity index (χ1v) is 11.8. The van der Waals surface area contributed by atoms with Gasteiger partial charge < -0.3 is 9.64 Å². The van der Waals surface area contributed by atoms with Crippen LogP contribution in [0.4, 0.5) is 0 Å². The second-order valence-corrected chi connectivity index (χ2v) is 9.19. The molecule has 4 aromatic heterocycles. The summed E-state index contributed by atoms with van der Waals surface area (Å²) in [5.41, 5.74) is 2.88. The highest BCUT2D eigenvalue weighted by molar-refractivity contribution is 7.13. The highest BCUT2D eigenvalue weighted by atomic mass is 32.1. The number of hydrogen-bond donors (Lipinski definition) is 0. The lowest BCUT2D eigenvalue weighted by molar-refractivity contribution is -0.135. The zero-order valence-electron chi connectivity index (χ0n) is 16.9. The Labute approximate surface area is 186 Å². The third kappa shape index (κ3) is 3.75. The molecule has 0 spiro atoms. The Balaban J connectivity index is 1.37. The number of carbonyl (C=O) groups excluding carboxylic acids is 2. The van der Waals surface area contributed by atoms with Crippen LogP contribution in [0.25, 0.3) is 21.6 Å². The number of pyridine rings is 1. The van der Waals surface area contributed by atoms with E-state index in [1.165, 1.54) is 10.4 Å². The molecule has 0 aliphatic carbocycles. The van der Waals surface area contributed by atoms with Gasteiger partial charge in [-0.15, -0.1) is 22.7 Å². The molecule has 5 rings (SSSR count). The fourth-order valence-corrected chi connectivity index (χ4v) is 5.33. The van der Waals surface area contributed by atoms with Gasteiger partial charge in [-0.05, 0) is 47.9 Å². The van der Waals surface area contributed by atoms with Crippen molar-refractivity contribution in [1.29, 1.82) is 0 Å². The fourth-order valence-electron chi connectivity index (χ4n) is 3.76. The first kappa shape index (κ1) is 19.9. The number of amides is 1. The number of ether oxygens (including phenoxy) is 1. The third-order valence-corrected chi connectivity index (χ3v) is 7.30. The maximum atomic E-state index is 13.0. The van der Waals surface area contributed by atoms with Crippen LogP contribution in [-0.2, 0) is 29.0 Å². The molecule has 0 fully saturated rings. The number of aromatic nitrogens is 3. The van der Waals surface area contributed by atoms with Crippen LogP contribution in [0.2, 0.25) is 0 Å². The van der Waals surface area contributed by atoms with E-state index in [0.717, 1.165) is 11.3 Å². The molecule has 0 radical (unpaired) electrons. The molecule has 0 N–H and O–H groups in total. The zero-order valence-corrected chi connectivity index (χ0v) is 18.5. The van der Waals surface area contributed by atoms with Crippen molar-refractivity contribution in [2.24, 2.45) is 0 Å². The van der Waals surface area contributed by atoms with Crippen LogP contribution in [0, 0.1) is 0 Å². The molecule has 1 amide bonds. The van der Waals surface area contributed by atoms with Crippen molar-refractivity contribution in [3.63, 3.8) is 0 Å². The normalized spacial score (nSPS) is 13.4. The fraction of sp³-hybridized carbons (Fsp3) is 0.273. The summed E-state index contributed by atoms with van der Waals surface area (Å²) < 4.78 is 7.20. The Bertz CT molecular complexity index is 1260. The lowest BCUT2D eigenvalue weighted by Gasteiger charge is -2.26. The number of fused-ring (bicyclic) bond motifs is 2. The maximum Gasteiger partial charge on any atom is 0.339 e. The second kappa shape index (κ2) is 8.24. The van der Waals surface area contributed by atoms with E-state index in [2.05, 4.69) is 16.5 Å². The summed E-state index contributed by atoms with van der Waals surface area (Å²) in [6.07, 6.45) is 2.48. The van der Waals surface area contributed by atoms with Gasteiger partial charge in [0, 0.05) is 24.5 Å². The monoisotopic (exact) mass is 452 g/mol. The predicted octanol–water partition coefficient (Wildman–Crippen LogP) is 3.98. The van der Waals surface area contributed by atoms with Gasteiger partial charge in [0.1, 0.15) is 0 Å². The van der Waals surface area contributed by atoms with Crippen molar-refractivity contribution in [3.8, 4) is 10.6 Å². The van der Waals surface area contributed by atoms with E-state index in [1.807, 2.05) is 24.4 Å². The minimum Gasteiger partial charge on any atom is -0.452 e. The molecule has 1 aliphatic heterocycles. The van der Waals surface area contributed by atoms with E-state index >= 15 is 0 Å². The molecule has 1 aliphatic rings. The van der Waals surface area contributed by atoms with Crippen LogP contribution in [-0.4, -0.2) is 44.7 Å². The molecule has 7 nitrogen and oxygen atoms in total. The summed E-state index contributed by atoms with van der Waals surface area (Å²) in [4.78, 5) is 34.4. The molecule has 158 valence electrons. The number of hydrogen-bond acceptors (Lipinski definition) is 7. The van der Waals surface area contributed by atoms with Crippen LogP contribution in [0.3, 0.4) is 0 Å². The molecule has 0 saturated heterocycles. The average molecular weight is 453 g/mol. The van der Waals surface area contributed by atoms with E-state index in [9.17, 15) is 9.59 Å². The van der Waals surface area contributed by atoms with E-state index in [-0.39, 0.29) is 12.5 Å². The Kier molecular flexibility index (Phi) is 5.29. The molecule has 31 heavy (non-hydrogen) atoms. The van der Waals surface area contributed by atoms with Crippen molar-refractivity contribution in [2.45, 2.75) is 26.4 Å². The lowest BCUT2D eigenvalue weighted by Crippen LogP contribution is -2.38. The maximum absolute atomic E-state index is 13.0. The van der Waals surface area contributed by atoms with Gasteiger partial charge in [-0.2, -0.15) is 5.10 Å². The van der Waals surface area contributed by atoms with Gasteiger partial charge in [0.05, 0.1) is 27.7 Å². The van der Waals surface area contributed by atoms with Crippen LogP contribution < -0.4 is 0 Å². The van der Waals surface area contributed by atoms with Gasteiger partial charge in [0.25, 0.3) is 5.91 Å². The topological polar surface area (TPSA) is 77.3 Å². The Hall–Kier alpha value is -3.04. The molecule has 0 saturated carbocycles. The van der Waals surface area contributed by atoms with Crippen molar-refractivity contribution in [3.05, 3.63) is 57.2 Å². The Morgan fingerprint density at radius 1 is 1.23 bits per heavy atom. The van der Waals surface area contributed by atoms with Crippen molar-refractivity contribution in [1.82, 2.24) is 19.7 Å². The summed E-state index contributed by atoms with van der Waals surface area (Å²) in [5, 5.41) is 8.98. The highest BCUT2D eigenvalue weighted by Gasteiger charge is 2.24. The second-order valence-electron chi connectivity index (χ2n) is 7.24. The minimum absolute atomic E-state index is 0.182. The number of esters is 1. The van der Waals surface area contributed by atoms with E-state index in [4.69, 9.17) is 9.72 Å². The SMILES string of the molecule is CCn1ncc2c(C(=O)OCC(=O)N3CCc4sccc4C3)cc(-c3cccs3)nc21. The van der Waals surface area contributed by atoms with Crippen molar-refractivity contribution in [2.75, 3.05) is 13.2 Å². The average Bonchev–Trinajstić information content (AvgIpc) is 3.55. The van der Waals surface area contributed by atoms with Crippen molar-refractivity contribution < 1.29 is 14.3 Å². The molecule has 0 aromatic carbocycles. The lowest BCUT2D eigenvalue weighted by atomic mass is 10.1.